The zero-order valence-corrected chi connectivity index (χ0v) is 18.4. The molecule has 8 heteroatoms. The number of carbonyl (C=O) groups is 1. The van der Waals surface area contributed by atoms with Gasteiger partial charge in [0.1, 0.15) is 5.76 Å². The second kappa shape index (κ2) is 8.31. The number of aryl methyl sites for hydroxylation is 2. The number of hydrogen-bond donors (Lipinski definition) is 0. The maximum atomic E-state index is 13.5. The Bertz CT molecular complexity index is 1180. The van der Waals surface area contributed by atoms with Crippen molar-refractivity contribution in [3.8, 4) is 11.5 Å². The van der Waals surface area contributed by atoms with Crippen LogP contribution in [-0.4, -0.2) is 33.0 Å². The SMILES string of the molecule is CCN(c1nc(-c2ccccc2)oc1C)S(=O)(=O)c1cc(C)c(C)c(C(=O)OC)c1. The summed E-state index contributed by atoms with van der Waals surface area (Å²) in [5, 5.41) is 0. The maximum Gasteiger partial charge on any atom is 0.338 e. The third kappa shape index (κ3) is 3.82. The number of carbonyl (C=O) groups excluding carboxylic acids is 1. The second-order valence-corrected chi connectivity index (χ2v) is 8.70. The van der Waals surface area contributed by atoms with Gasteiger partial charge in [-0.1, -0.05) is 18.2 Å². The molecule has 0 saturated carbocycles. The first-order chi connectivity index (χ1) is 14.2. The van der Waals surface area contributed by atoms with Crippen LogP contribution in [0.15, 0.2) is 51.8 Å². The summed E-state index contributed by atoms with van der Waals surface area (Å²) < 4.78 is 38.7. The van der Waals surface area contributed by atoms with E-state index in [0.29, 0.717) is 22.8 Å². The zero-order valence-electron chi connectivity index (χ0n) is 17.6. The summed E-state index contributed by atoms with van der Waals surface area (Å²) in [5.41, 5.74) is 2.32. The van der Waals surface area contributed by atoms with E-state index in [9.17, 15) is 13.2 Å². The molecule has 0 aliphatic carbocycles. The van der Waals surface area contributed by atoms with Crippen LogP contribution in [-0.2, 0) is 14.8 Å². The van der Waals surface area contributed by atoms with Gasteiger partial charge in [0.15, 0.2) is 5.82 Å². The normalized spacial score (nSPS) is 11.4. The third-order valence-electron chi connectivity index (χ3n) is 4.95. The molecule has 0 N–H and O–H groups in total. The van der Waals surface area contributed by atoms with Crippen molar-refractivity contribution in [2.24, 2.45) is 0 Å². The Hall–Kier alpha value is -3.13. The molecular weight excluding hydrogens is 404 g/mol. The lowest BCUT2D eigenvalue weighted by Crippen LogP contribution is -2.32. The minimum atomic E-state index is -4.00. The van der Waals surface area contributed by atoms with Crippen molar-refractivity contribution in [1.82, 2.24) is 4.98 Å². The number of aromatic nitrogens is 1. The standard InChI is InChI=1S/C22H24N2O5S/c1-6-24(20-16(4)29-21(23-20)17-10-8-7-9-11-17)30(26,27)18-12-14(2)15(3)19(13-18)22(25)28-5/h7-13H,6H2,1-5H3. The Kier molecular flexibility index (Phi) is 5.98. The van der Waals surface area contributed by atoms with Gasteiger partial charge < -0.3 is 9.15 Å². The molecule has 3 aromatic rings. The zero-order chi connectivity index (χ0) is 22.1. The van der Waals surface area contributed by atoms with Crippen LogP contribution in [0, 0.1) is 20.8 Å². The highest BCUT2D eigenvalue weighted by atomic mass is 32.2. The van der Waals surface area contributed by atoms with Crippen LogP contribution >= 0.6 is 0 Å². The molecular formula is C22H24N2O5S. The topological polar surface area (TPSA) is 89.7 Å². The predicted molar refractivity (Wildman–Crippen MR) is 114 cm³/mol. The van der Waals surface area contributed by atoms with Gasteiger partial charge in [-0.3, -0.25) is 0 Å². The smallest absolute Gasteiger partial charge is 0.338 e. The molecule has 0 bridgehead atoms. The number of hydrogen-bond acceptors (Lipinski definition) is 6. The van der Waals surface area contributed by atoms with Crippen LogP contribution < -0.4 is 4.31 Å². The summed E-state index contributed by atoms with van der Waals surface area (Å²) in [6, 6.07) is 12.2. The Morgan fingerprint density at radius 3 is 2.40 bits per heavy atom. The number of rotatable bonds is 6. The summed E-state index contributed by atoms with van der Waals surface area (Å²) in [6.07, 6.45) is 0. The number of ether oxygens (including phenoxy) is 1. The largest absolute Gasteiger partial charge is 0.465 e. The summed E-state index contributed by atoms with van der Waals surface area (Å²) in [5.74, 6) is 0.359. The number of esters is 1. The van der Waals surface area contributed by atoms with Crippen LogP contribution in [0.1, 0.15) is 34.2 Å². The first-order valence-electron chi connectivity index (χ1n) is 9.45. The molecule has 0 saturated heterocycles. The quantitative estimate of drug-likeness (QED) is 0.545. The number of methoxy groups -OCH3 is 1. The molecule has 0 aliphatic heterocycles. The molecule has 7 nitrogen and oxygen atoms in total. The van der Waals surface area contributed by atoms with Crippen molar-refractivity contribution in [3.05, 3.63) is 64.9 Å². The number of sulfonamides is 1. The van der Waals surface area contributed by atoms with E-state index in [-0.39, 0.29) is 22.8 Å². The lowest BCUT2D eigenvalue weighted by Gasteiger charge is -2.22. The fraction of sp³-hybridized carbons (Fsp3) is 0.273. The van der Waals surface area contributed by atoms with E-state index in [0.717, 1.165) is 5.56 Å². The van der Waals surface area contributed by atoms with E-state index < -0.39 is 16.0 Å². The molecule has 0 amide bonds. The van der Waals surface area contributed by atoms with Gasteiger partial charge in [0, 0.05) is 12.1 Å². The van der Waals surface area contributed by atoms with E-state index in [1.54, 1.807) is 33.8 Å². The van der Waals surface area contributed by atoms with Crippen LogP contribution in [0.2, 0.25) is 0 Å². The van der Waals surface area contributed by atoms with E-state index >= 15 is 0 Å². The van der Waals surface area contributed by atoms with Crippen LogP contribution in [0.3, 0.4) is 0 Å². The highest BCUT2D eigenvalue weighted by Crippen LogP contribution is 2.31. The molecule has 30 heavy (non-hydrogen) atoms. The van der Waals surface area contributed by atoms with Crippen LogP contribution in [0.25, 0.3) is 11.5 Å². The van der Waals surface area contributed by atoms with Crippen molar-refractivity contribution >= 4 is 21.8 Å². The predicted octanol–water partition coefficient (Wildman–Crippen LogP) is 4.27. The van der Waals surface area contributed by atoms with Crippen molar-refractivity contribution in [1.29, 1.82) is 0 Å². The van der Waals surface area contributed by atoms with Gasteiger partial charge in [0.25, 0.3) is 10.0 Å². The average Bonchev–Trinajstić information content (AvgIpc) is 3.11. The summed E-state index contributed by atoms with van der Waals surface area (Å²) in [7, 11) is -2.73. The molecule has 3 rings (SSSR count). The summed E-state index contributed by atoms with van der Waals surface area (Å²) >= 11 is 0. The molecule has 0 spiro atoms. The van der Waals surface area contributed by atoms with Crippen molar-refractivity contribution in [3.63, 3.8) is 0 Å². The van der Waals surface area contributed by atoms with Crippen molar-refractivity contribution in [2.75, 3.05) is 18.0 Å². The lowest BCUT2D eigenvalue weighted by atomic mass is 10.0. The van der Waals surface area contributed by atoms with E-state index in [1.807, 2.05) is 30.3 Å². The first-order valence-corrected chi connectivity index (χ1v) is 10.9. The first kappa shape index (κ1) is 21.6. The molecule has 1 aromatic heterocycles. The van der Waals surface area contributed by atoms with Crippen LogP contribution in [0.5, 0.6) is 0 Å². The Morgan fingerprint density at radius 2 is 1.80 bits per heavy atom. The molecule has 158 valence electrons. The van der Waals surface area contributed by atoms with Gasteiger partial charge in [-0.05, 0) is 63.1 Å². The average molecular weight is 429 g/mol. The molecule has 0 atom stereocenters. The van der Waals surface area contributed by atoms with Gasteiger partial charge in [-0.15, -0.1) is 0 Å². The Labute approximate surface area is 176 Å². The van der Waals surface area contributed by atoms with Gasteiger partial charge in [0.2, 0.25) is 5.89 Å². The number of nitrogens with zero attached hydrogens (tertiary/aromatic N) is 2. The highest BCUT2D eigenvalue weighted by molar-refractivity contribution is 7.92. The third-order valence-corrected chi connectivity index (χ3v) is 6.79. The number of oxazole rings is 1. The molecule has 0 fully saturated rings. The fourth-order valence-electron chi connectivity index (χ4n) is 3.18. The Balaban J connectivity index is 2.11. The van der Waals surface area contributed by atoms with Crippen LogP contribution in [0.4, 0.5) is 5.82 Å². The highest BCUT2D eigenvalue weighted by Gasteiger charge is 2.30. The number of anilines is 1. The molecule has 1 heterocycles. The van der Waals surface area contributed by atoms with Gasteiger partial charge in [0.05, 0.1) is 17.6 Å². The van der Waals surface area contributed by atoms with E-state index in [1.165, 1.54) is 17.5 Å². The van der Waals surface area contributed by atoms with Crippen molar-refractivity contribution < 1.29 is 22.4 Å². The van der Waals surface area contributed by atoms with Gasteiger partial charge >= 0.3 is 5.97 Å². The monoisotopic (exact) mass is 428 g/mol. The Morgan fingerprint density at radius 1 is 1.13 bits per heavy atom. The maximum absolute atomic E-state index is 13.5. The molecule has 0 aliphatic rings. The summed E-state index contributed by atoms with van der Waals surface area (Å²) in [4.78, 5) is 16.6. The van der Waals surface area contributed by atoms with E-state index in [4.69, 9.17) is 9.15 Å². The number of benzene rings is 2. The lowest BCUT2D eigenvalue weighted by molar-refractivity contribution is 0.0599. The van der Waals surface area contributed by atoms with Gasteiger partial charge in [-0.2, -0.15) is 4.98 Å². The fourth-order valence-corrected chi connectivity index (χ4v) is 4.77. The van der Waals surface area contributed by atoms with Crippen molar-refractivity contribution in [2.45, 2.75) is 32.6 Å². The minimum Gasteiger partial charge on any atom is -0.465 e. The second-order valence-electron chi connectivity index (χ2n) is 6.84. The van der Waals surface area contributed by atoms with E-state index in [2.05, 4.69) is 4.98 Å². The minimum absolute atomic E-state index is 0.00323. The molecule has 0 unspecified atom stereocenters. The van der Waals surface area contributed by atoms with Gasteiger partial charge in [-0.25, -0.2) is 17.5 Å². The molecule has 0 radical (unpaired) electrons. The molecule has 2 aromatic carbocycles. The summed E-state index contributed by atoms with van der Waals surface area (Å²) in [6.45, 7) is 7.04.